The lowest BCUT2D eigenvalue weighted by molar-refractivity contribution is 0.423. The molecule has 0 radical (unpaired) electrons. The van der Waals surface area contributed by atoms with Gasteiger partial charge in [0.25, 0.3) is 0 Å². The maximum Gasteiger partial charge on any atom is 0.209 e. The molecule has 0 aromatic carbocycles. The fourth-order valence-corrected chi connectivity index (χ4v) is 3.42. The van der Waals surface area contributed by atoms with E-state index in [4.69, 9.17) is 11.6 Å². The molecular weight excluding hydrogens is 282 g/mol. The van der Waals surface area contributed by atoms with Crippen LogP contribution in [0.1, 0.15) is 37.3 Å². The molecule has 0 spiro atoms. The van der Waals surface area contributed by atoms with E-state index < -0.39 is 0 Å². The van der Waals surface area contributed by atoms with Crippen LogP contribution in [0.2, 0.25) is 5.15 Å². The highest BCUT2D eigenvalue weighted by molar-refractivity contribution is 7.98. The third-order valence-electron chi connectivity index (χ3n) is 3.29. The predicted molar refractivity (Wildman–Crippen MR) is 74.1 cm³/mol. The van der Waals surface area contributed by atoms with Crippen LogP contribution in [0.5, 0.6) is 0 Å². The molecule has 2 aromatic rings. The van der Waals surface area contributed by atoms with Crippen molar-refractivity contribution in [3.05, 3.63) is 29.0 Å². The highest BCUT2D eigenvalue weighted by Crippen LogP contribution is 2.32. The van der Waals surface area contributed by atoms with E-state index in [1.165, 1.54) is 25.7 Å². The summed E-state index contributed by atoms with van der Waals surface area (Å²) < 4.78 is 1.97. The van der Waals surface area contributed by atoms with Gasteiger partial charge in [-0.1, -0.05) is 36.2 Å². The molecule has 7 heteroatoms. The number of pyridine rings is 1. The highest BCUT2D eigenvalue weighted by atomic mass is 35.5. The van der Waals surface area contributed by atoms with Crippen molar-refractivity contribution in [2.75, 3.05) is 0 Å². The van der Waals surface area contributed by atoms with Gasteiger partial charge >= 0.3 is 0 Å². The summed E-state index contributed by atoms with van der Waals surface area (Å²) in [6.07, 6.45) is 6.63. The van der Waals surface area contributed by atoms with Crippen LogP contribution in [0.3, 0.4) is 0 Å². The van der Waals surface area contributed by atoms with Gasteiger partial charge in [-0.3, -0.25) is 0 Å². The molecule has 0 atom stereocenters. The highest BCUT2D eigenvalue weighted by Gasteiger charge is 2.21. The minimum Gasteiger partial charge on any atom is -0.245 e. The maximum atomic E-state index is 5.87. The van der Waals surface area contributed by atoms with Gasteiger partial charge in [0, 0.05) is 11.9 Å². The fourth-order valence-electron chi connectivity index (χ4n) is 2.34. The minimum absolute atomic E-state index is 0.471. The minimum atomic E-state index is 0.471. The predicted octanol–water partition coefficient (Wildman–Crippen LogP) is 3.13. The quantitative estimate of drug-likeness (QED) is 0.641. The summed E-state index contributed by atoms with van der Waals surface area (Å²) in [5, 5.41) is 13.4. The monoisotopic (exact) mass is 295 g/mol. The van der Waals surface area contributed by atoms with Gasteiger partial charge < -0.3 is 0 Å². The van der Waals surface area contributed by atoms with Crippen molar-refractivity contribution in [2.45, 2.75) is 42.6 Å². The number of rotatable bonds is 4. The summed E-state index contributed by atoms with van der Waals surface area (Å²) >= 11 is 7.52. The zero-order chi connectivity index (χ0) is 13.1. The van der Waals surface area contributed by atoms with E-state index in [2.05, 4.69) is 20.5 Å². The molecule has 1 saturated carbocycles. The van der Waals surface area contributed by atoms with Crippen molar-refractivity contribution in [1.29, 1.82) is 0 Å². The fraction of sp³-hybridized carbons (Fsp3) is 0.500. The number of tetrazole rings is 1. The molecule has 2 heterocycles. The van der Waals surface area contributed by atoms with Crippen LogP contribution in [0, 0.1) is 0 Å². The first-order chi connectivity index (χ1) is 9.33. The van der Waals surface area contributed by atoms with Crippen molar-refractivity contribution in [1.82, 2.24) is 25.2 Å². The molecule has 0 amide bonds. The zero-order valence-electron chi connectivity index (χ0n) is 10.4. The Morgan fingerprint density at radius 1 is 1.37 bits per heavy atom. The summed E-state index contributed by atoms with van der Waals surface area (Å²) in [6, 6.07) is 4.31. The van der Waals surface area contributed by atoms with E-state index in [0.717, 1.165) is 16.5 Å². The SMILES string of the molecule is Clc1cc(CSc2nnnn2C2CCCC2)ccn1. The van der Waals surface area contributed by atoms with Crippen molar-refractivity contribution >= 4 is 23.4 Å². The molecule has 5 nitrogen and oxygen atoms in total. The molecule has 2 aromatic heterocycles. The summed E-state index contributed by atoms with van der Waals surface area (Å²) in [5.74, 6) is 0.801. The standard InChI is InChI=1S/C12H14ClN5S/c13-11-7-9(5-6-14-11)8-19-12-15-16-17-18(12)10-3-1-2-4-10/h5-7,10H,1-4,8H2. The Bertz CT molecular complexity index is 553. The van der Waals surface area contributed by atoms with Crippen molar-refractivity contribution in [3.63, 3.8) is 0 Å². The number of aromatic nitrogens is 5. The Hall–Kier alpha value is -1.14. The van der Waals surface area contributed by atoms with Gasteiger partial charge in [-0.2, -0.15) is 0 Å². The first-order valence-corrected chi connectivity index (χ1v) is 7.70. The zero-order valence-corrected chi connectivity index (χ0v) is 11.9. The molecule has 0 unspecified atom stereocenters. The molecule has 1 aliphatic rings. The van der Waals surface area contributed by atoms with E-state index in [1.54, 1.807) is 18.0 Å². The molecule has 0 N–H and O–H groups in total. The van der Waals surface area contributed by atoms with Crippen molar-refractivity contribution < 1.29 is 0 Å². The van der Waals surface area contributed by atoms with Crippen LogP contribution < -0.4 is 0 Å². The van der Waals surface area contributed by atoms with E-state index >= 15 is 0 Å². The Morgan fingerprint density at radius 2 is 2.21 bits per heavy atom. The van der Waals surface area contributed by atoms with Crippen LogP contribution in [-0.2, 0) is 5.75 Å². The van der Waals surface area contributed by atoms with Crippen molar-refractivity contribution in [3.8, 4) is 0 Å². The second-order valence-electron chi connectivity index (χ2n) is 4.62. The van der Waals surface area contributed by atoms with Gasteiger partial charge in [0.2, 0.25) is 5.16 Å². The topological polar surface area (TPSA) is 56.5 Å². The van der Waals surface area contributed by atoms with Crippen LogP contribution in [0.4, 0.5) is 0 Å². The van der Waals surface area contributed by atoms with Crippen LogP contribution in [0.25, 0.3) is 0 Å². The van der Waals surface area contributed by atoms with Gasteiger partial charge in [-0.05, 0) is 41.0 Å². The Balaban J connectivity index is 1.68. The summed E-state index contributed by atoms with van der Waals surface area (Å²) in [5.41, 5.74) is 1.13. The molecule has 0 bridgehead atoms. The number of hydrogen-bond donors (Lipinski definition) is 0. The molecule has 1 fully saturated rings. The van der Waals surface area contributed by atoms with E-state index in [-0.39, 0.29) is 0 Å². The smallest absolute Gasteiger partial charge is 0.209 e. The lowest BCUT2D eigenvalue weighted by Gasteiger charge is -2.10. The van der Waals surface area contributed by atoms with Gasteiger partial charge in [0.15, 0.2) is 0 Å². The van der Waals surface area contributed by atoms with Crippen LogP contribution >= 0.6 is 23.4 Å². The molecule has 0 aliphatic heterocycles. The lowest BCUT2D eigenvalue weighted by Crippen LogP contribution is -2.08. The molecular formula is C12H14ClN5S. The number of halogens is 1. The molecule has 100 valence electrons. The van der Waals surface area contributed by atoms with E-state index in [9.17, 15) is 0 Å². The van der Waals surface area contributed by atoms with Crippen LogP contribution in [-0.4, -0.2) is 25.2 Å². The van der Waals surface area contributed by atoms with E-state index in [0.29, 0.717) is 11.2 Å². The lowest BCUT2D eigenvalue weighted by atomic mass is 10.3. The van der Waals surface area contributed by atoms with Crippen molar-refractivity contribution in [2.24, 2.45) is 0 Å². The molecule has 1 aliphatic carbocycles. The Kier molecular flexibility index (Phi) is 3.98. The molecule has 3 rings (SSSR count). The first kappa shape index (κ1) is 12.9. The molecule has 0 saturated heterocycles. The Labute approximate surface area is 120 Å². The van der Waals surface area contributed by atoms with E-state index in [1.807, 2.05) is 16.8 Å². The van der Waals surface area contributed by atoms with Gasteiger partial charge in [-0.15, -0.1) is 5.10 Å². The summed E-state index contributed by atoms with van der Waals surface area (Å²) in [4.78, 5) is 3.98. The number of thioether (sulfide) groups is 1. The van der Waals surface area contributed by atoms with Gasteiger partial charge in [0.05, 0.1) is 6.04 Å². The normalized spacial score (nSPS) is 16.1. The Morgan fingerprint density at radius 3 is 3.00 bits per heavy atom. The summed E-state index contributed by atoms with van der Waals surface area (Å²) in [6.45, 7) is 0. The number of hydrogen-bond acceptors (Lipinski definition) is 5. The average Bonchev–Trinajstić information content (AvgIpc) is 3.07. The third kappa shape index (κ3) is 3.06. The third-order valence-corrected chi connectivity index (χ3v) is 4.50. The average molecular weight is 296 g/mol. The molecule has 19 heavy (non-hydrogen) atoms. The van der Waals surface area contributed by atoms with Gasteiger partial charge in [-0.25, -0.2) is 9.67 Å². The second-order valence-corrected chi connectivity index (χ2v) is 5.95. The summed E-state index contributed by atoms with van der Waals surface area (Å²) in [7, 11) is 0. The first-order valence-electron chi connectivity index (χ1n) is 6.34. The largest absolute Gasteiger partial charge is 0.245 e. The van der Waals surface area contributed by atoms with Gasteiger partial charge in [0.1, 0.15) is 5.15 Å². The maximum absolute atomic E-state index is 5.87. The van der Waals surface area contributed by atoms with Crippen LogP contribution in [0.15, 0.2) is 23.5 Å². The number of nitrogens with zero attached hydrogens (tertiary/aromatic N) is 5. The second kappa shape index (κ2) is 5.88.